The standard InChI is InChI=1S/C25H25NO6S/c1-29-22-14-18-10-11-26(25(17-6-4-3-5-7-17)20(18)16-23(22)30-2)33(27,28)19-8-9-21-24(15-19)32-13-12-31-21/h3-9,14-16,25H,10-13H2,1-2H3. The number of fused-ring (bicyclic) bond motifs is 2. The SMILES string of the molecule is COc1cc2c(cc1OC)C(c1ccccc1)N(S(=O)(=O)c1ccc3c(c1)OCCO3)CC2. The number of rotatable bonds is 5. The molecule has 5 rings (SSSR count). The fraction of sp³-hybridized carbons (Fsp3) is 0.280. The molecule has 7 nitrogen and oxygen atoms in total. The van der Waals surface area contributed by atoms with E-state index < -0.39 is 16.1 Å². The van der Waals surface area contributed by atoms with Crippen LogP contribution in [0.3, 0.4) is 0 Å². The Morgan fingerprint density at radius 3 is 2.30 bits per heavy atom. The molecule has 0 N–H and O–H groups in total. The lowest BCUT2D eigenvalue weighted by atomic mass is 9.89. The topological polar surface area (TPSA) is 74.3 Å². The summed E-state index contributed by atoms with van der Waals surface area (Å²) in [6.45, 7) is 1.17. The molecule has 0 radical (unpaired) electrons. The quantitative estimate of drug-likeness (QED) is 0.568. The van der Waals surface area contributed by atoms with Crippen LogP contribution in [0.15, 0.2) is 65.6 Å². The predicted octanol–water partition coefficient (Wildman–Crippen LogP) is 3.81. The van der Waals surface area contributed by atoms with Crippen LogP contribution in [-0.4, -0.2) is 46.7 Å². The van der Waals surface area contributed by atoms with Crippen LogP contribution in [0.1, 0.15) is 22.7 Å². The number of ether oxygens (including phenoxy) is 4. The highest BCUT2D eigenvalue weighted by molar-refractivity contribution is 7.89. The second-order valence-electron chi connectivity index (χ2n) is 7.89. The van der Waals surface area contributed by atoms with Crippen molar-refractivity contribution in [1.29, 1.82) is 0 Å². The van der Waals surface area contributed by atoms with Crippen LogP contribution in [0.2, 0.25) is 0 Å². The number of hydrogen-bond donors (Lipinski definition) is 0. The van der Waals surface area contributed by atoms with E-state index >= 15 is 0 Å². The van der Waals surface area contributed by atoms with E-state index in [9.17, 15) is 8.42 Å². The van der Waals surface area contributed by atoms with Crippen molar-refractivity contribution in [3.8, 4) is 23.0 Å². The summed E-state index contributed by atoms with van der Waals surface area (Å²) in [6.07, 6.45) is 0.558. The minimum Gasteiger partial charge on any atom is -0.493 e. The molecule has 0 aromatic heterocycles. The van der Waals surface area contributed by atoms with E-state index in [1.165, 1.54) is 0 Å². The second kappa shape index (κ2) is 8.61. The zero-order chi connectivity index (χ0) is 23.0. The maximum Gasteiger partial charge on any atom is 0.244 e. The van der Waals surface area contributed by atoms with Gasteiger partial charge in [0.2, 0.25) is 10.0 Å². The number of benzene rings is 3. The molecule has 0 aliphatic carbocycles. The molecular formula is C25H25NO6S. The van der Waals surface area contributed by atoms with Gasteiger partial charge in [0.25, 0.3) is 0 Å². The van der Waals surface area contributed by atoms with Crippen LogP contribution in [0.4, 0.5) is 0 Å². The smallest absolute Gasteiger partial charge is 0.244 e. The molecule has 0 bridgehead atoms. The Morgan fingerprint density at radius 1 is 0.879 bits per heavy atom. The monoisotopic (exact) mass is 467 g/mol. The molecule has 2 heterocycles. The first-order valence-corrected chi connectivity index (χ1v) is 12.2. The molecule has 1 unspecified atom stereocenters. The molecule has 0 saturated carbocycles. The van der Waals surface area contributed by atoms with Gasteiger partial charge in [-0.25, -0.2) is 8.42 Å². The van der Waals surface area contributed by atoms with Gasteiger partial charge in [-0.15, -0.1) is 0 Å². The van der Waals surface area contributed by atoms with Gasteiger partial charge in [0.05, 0.1) is 25.2 Å². The van der Waals surface area contributed by atoms with E-state index in [0.717, 1.165) is 16.7 Å². The highest BCUT2D eigenvalue weighted by Gasteiger charge is 2.38. The fourth-order valence-electron chi connectivity index (χ4n) is 4.48. The van der Waals surface area contributed by atoms with E-state index in [2.05, 4.69) is 0 Å². The average Bonchev–Trinajstić information content (AvgIpc) is 2.87. The van der Waals surface area contributed by atoms with Crippen molar-refractivity contribution in [2.75, 3.05) is 34.0 Å². The Labute approximate surface area is 193 Å². The fourth-order valence-corrected chi connectivity index (χ4v) is 6.09. The summed E-state index contributed by atoms with van der Waals surface area (Å²) in [6, 6.07) is 17.8. The summed E-state index contributed by atoms with van der Waals surface area (Å²) in [5, 5.41) is 0. The van der Waals surface area contributed by atoms with E-state index in [-0.39, 0.29) is 4.90 Å². The maximum absolute atomic E-state index is 13.9. The summed E-state index contributed by atoms with van der Waals surface area (Å²) < 4.78 is 51.6. The molecule has 1 atom stereocenters. The summed E-state index contributed by atoms with van der Waals surface area (Å²) in [4.78, 5) is 0.177. The lowest BCUT2D eigenvalue weighted by molar-refractivity contribution is 0.171. The van der Waals surface area contributed by atoms with E-state index in [1.54, 1.807) is 36.7 Å². The van der Waals surface area contributed by atoms with Crippen LogP contribution in [0.5, 0.6) is 23.0 Å². The third-order valence-corrected chi connectivity index (χ3v) is 7.93. The van der Waals surface area contributed by atoms with Crippen molar-refractivity contribution in [3.05, 3.63) is 77.4 Å². The second-order valence-corrected chi connectivity index (χ2v) is 9.78. The molecule has 0 fully saturated rings. The van der Waals surface area contributed by atoms with Gasteiger partial charge in [-0.2, -0.15) is 4.31 Å². The van der Waals surface area contributed by atoms with Crippen molar-refractivity contribution < 1.29 is 27.4 Å². The minimum atomic E-state index is -3.85. The summed E-state index contributed by atoms with van der Waals surface area (Å²) in [7, 11) is -0.670. The van der Waals surface area contributed by atoms with E-state index in [4.69, 9.17) is 18.9 Å². The molecule has 3 aromatic carbocycles. The summed E-state index contributed by atoms with van der Waals surface area (Å²) in [5.41, 5.74) is 2.80. The van der Waals surface area contributed by atoms with Gasteiger partial charge in [-0.05, 0) is 47.4 Å². The highest BCUT2D eigenvalue weighted by Crippen LogP contribution is 2.43. The molecule has 3 aromatic rings. The number of hydrogen-bond acceptors (Lipinski definition) is 6. The lowest BCUT2D eigenvalue weighted by Gasteiger charge is -2.37. The molecule has 8 heteroatoms. The van der Waals surface area contributed by atoms with Gasteiger partial charge in [0, 0.05) is 12.6 Å². The first kappa shape index (κ1) is 21.6. The third kappa shape index (κ3) is 3.79. The number of methoxy groups -OCH3 is 2. The first-order chi connectivity index (χ1) is 16.0. The highest BCUT2D eigenvalue weighted by atomic mass is 32.2. The third-order valence-electron chi connectivity index (χ3n) is 6.07. The zero-order valence-electron chi connectivity index (χ0n) is 18.5. The maximum atomic E-state index is 13.9. The molecule has 2 aliphatic heterocycles. The Balaban J connectivity index is 1.64. The molecule has 0 amide bonds. The van der Waals surface area contributed by atoms with E-state index in [1.807, 2.05) is 42.5 Å². The van der Waals surface area contributed by atoms with Crippen molar-refractivity contribution >= 4 is 10.0 Å². The van der Waals surface area contributed by atoms with Gasteiger partial charge in [0.15, 0.2) is 23.0 Å². The van der Waals surface area contributed by atoms with Crippen molar-refractivity contribution in [2.45, 2.75) is 17.4 Å². The summed E-state index contributed by atoms with van der Waals surface area (Å²) in [5.74, 6) is 2.20. The number of nitrogens with zero attached hydrogens (tertiary/aromatic N) is 1. The Kier molecular flexibility index (Phi) is 5.64. The Hall–Kier alpha value is -3.23. The number of sulfonamides is 1. The van der Waals surface area contributed by atoms with E-state index in [0.29, 0.717) is 49.2 Å². The van der Waals surface area contributed by atoms with Crippen LogP contribution < -0.4 is 18.9 Å². The van der Waals surface area contributed by atoms with Gasteiger partial charge >= 0.3 is 0 Å². The summed E-state index contributed by atoms with van der Waals surface area (Å²) >= 11 is 0. The normalized spacial score (nSPS) is 17.8. The van der Waals surface area contributed by atoms with Crippen LogP contribution >= 0.6 is 0 Å². The predicted molar refractivity (Wildman–Crippen MR) is 123 cm³/mol. The molecule has 0 spiro atoms. The van der Waals surface area contributed by atoms with Gasteiger partial charge in [-0.1, -0.05) is 30.3 Å². The zero-order valence-corrected chi connectivity index (χ0v) is 19.3. The van der Waals surface area contributed by atoms with Gasteiger partial charge in [0.1, 0.15) is 13.2 Å². The van der Waals surface area contributed by atoms with Gasteiger partial charge in [-0.3, -0.25) is 0 Å². The largest absolute Gasteiger partial charge is 0.493 e. The Morgan fingerprint density at radius 2 is 1.58 bits per heavy atom. The van der Waals surface area contributed by atoms with Crippen LogP contribution in [-0.2, 0) is 16.4 Å². The average molecular weight is 468 g/mol. The first-order valence-electron chi connectivity index (χ1n) is 10.7. The van der Waals surface area contributed by atoms with Gasteiger partial charge < -0.3 is 18.9 Å². The molecular weight excluding hydrogens is 442 g/mol. The van der Waals surface area contributed by atoms with Crippen molar-refractivity contribution in [3.63, 3.8) is 0 Å². The molecule has 172 valence electrons. The van der Waals surface area contributed by atoms with Crippen molar-refractivity contribution in [2.24, 2.45) is 0 Å². The van der Waals surface area contributed by atoms with Crippen molar-refractivity contribution in [1.82, 2.24) is 4.31 Å². The Bertz CT molecular complexity index is 1280. The van der Waals surface area contributed by atoms with Crippen LogP contribution in [0, 0.1) is 0 Å². The van der Waals surface area contributed by atoms with Crippen LogP contribution in [0.25, 0.3) is 0 Å². The molecule has 2 aliphatic rings. The molecule has 0 saturated heterocycles. The lowest BCUT2D eigenvalue weighted by Crippen LogP contribution is -2.40. The molecule has 33 heavy (non-hydrogen) atoms. The minimum absolute atomic E-state index is 0.177.